The minimum absolute atomic E-state index is 0.596. The molecule has 1 aliphatic rings. The van der Waals surface area contributed by atoms with Crippen molar-refractivity contribution in [3.8, 4) is 0 Å². The molecule has 1 aliphatic heterocycles. The van der Waals surface area contributed by atoms with Gasteiger partial charge in [0.15, 0.2) is 0 Å². The summed E-state index contributed by atoms with van der Waals surface area (Å²) in [4.78, 5) is 2.35. The maximum Gasteiger partial charge on any atom is 0.0452 e. The highest BCUT2D eigenvalue weighted by Crippen LogP contribution is 2.23. The topological polar surface area (TPSA) is 15.3 Å². The number of benzene rings is 1. The SMILES string of the molecule is CN(Cc1cc(Cl)ccc1Cl)C1CCCNC1. The number of nitrogens with one attached hydrogen (secondary N) is 1. The van der Waals surface area contributed by atoms with Crippen molar-refractivity contribution in [2.24, 2.45) is 0 Å². The first-order valence-electron chi connectivity index (χ1n) is 6.01. The fraction of sp³-hybridized carbons (Fsp3) is 0.538. The first kappa shape index (κ1) is 13.2. The van der Waals surface area contributed by atoms with Crippen molar-refractivity contribution in [3.63, 3.8) is 0 Å². The van der Waals surface area contributed by atoms with Crippen LogP contribution in [0, 0.1) is 0 Å². The van der Waals surface area contributed by atoms with Crippen molar-refractivity contribution in [3.05, 3.63) is 33.8 Å². The molecule has 94 valence electrons. The Kier molecular flexibility index (Phi) is 4.69. The molecule has 0 radical (unpaired) electrons. The van der Waals surface area contributed by atoms with E-state index in [0.29, 0.717) is 6.04 Å². The summed E-state index contributed by atoms with van der Waals surface area (Å²) in [5, 5.41) is 4.97. The molecule has 0 aliphatic carbocycles. The number of nitrogens with zero attached hydrogens (tertiary/aromatic N) is 1. The fourth-order valence-corrected chi connectivity index (χ4v) is 2.64. The van der Waals surface area contributed by atoms with E-state index in [1.807, 2.05) is 18.2 Å². The lowest BCUT2D eigenvalue weighted by Gasteiger charge is -2.31. The predicted molar refractivity (Wildman–Crippen MR) is 73.8 cm³/mol. The van der Waals surface area contributed by atoms with Gasteiger partial charge in [0.05, 0.1) is 0 Å². The van der Waals surface area contributed by atoms with Gasteiger partial charge in [-0.05, 0) is 50.2 Å². The molecule has 0 spiro atoms. The molecule has 2 nitrogen and oxygen atoms in total. The molecule has 1 aromatic carbocycles. The van der Waals surface area contributed by atoms with Crippen LogP contribution in [-0.4, -0.2) is 31.1 Å². The van der Waals surface area contributed by atoms with Gasteiger partial charge in [-0.2, -0.15) is 0 Å². The predicted octanol–water partition coefficient (Wildman–Crippen LogP) is 3.18. The number of hydrogen-bond donors (Lipinski definition) is 1. The Balaban J connectivity index is 2.01. The van der Waals surface area contributed by atoms with Gasteiger partial charge in [0, 0.05) is 29.2 Å². The van der Waals surface area contributed by atoms with E-state index < -0.39 is 0 Å². The van der Waals surface area contributed by atoms with Gasteiger partial charge in [-0.25, -0.2) is 0 Å². The molecule has 1 atom stereocenters. The number of halogens is 2. The van der Waals surface area contributed by atoms with Crippen LogP contribution in [0.3, 0.4) is 0 Å². The molecule has 0 aromatic heterocycles. The number of piperidine rings is 1. The first-order chi connectivity index (χ1) is 8.16. The highest BCUT2D eigenvalue weighted by molar-refractivity contribution is 6.33. The quantitative estimate of drug-likeness (QED) is 0.910. The molecule has 17 heavy (non-hydrogen) atoms. The van der Waals surface area contributed by atoms with Crippen LogP contribution in [0.5, 0.6) is 0 Å². The molecule has 1 heterocycles. The number of rotatable bonds is 3. The Hall–Kier alpha value is -0.280. The van der Waals surface area contributed by atoms with Crippen molar-refractivity contribution in [1.82, 2.24) is 10.2 Å². The Morgan fingerprint density at radius 1 is 1.41 bits per heavy atom. The third-order valence-corrected chi connectivity index (χ3v) is 3.93. The Bertz CT molecular complexity index is 376. The zero-order chi connectivity index (χ0) is 12.3. The third-order valence-electron chi connectivity index (χ3n) is 3.32. The minimum atomic E-state index is 0.596. The number of hydrogen-bond acceptors (Lipinski definition) is 2. The monoisotopic (exact) mass is 272 g/mol. The van der Waals surface area contributed by atoms with E-state index in [2.05, 4.69) is 17.3 Å². The molecule has 1 saturated heterocycles. The standard InChI is InChI=1S/C13H18Cl2N2/c1-17(12-3-2-6-16-8-12)9-10-7-11(14)4-5-13(10)15/h4-5,7,12,16H,2-3,6,8-9H2,1H3. The summed E-state index contributed by atoms with van der Waals surface area (Å²) in [7, 11) is 2.15. The first-order valence-corrected chi connectivity index (χ1v) is 6.77. The van der Waals surface area contributed by atoms with Crippen molar-refractivity contribution in [2.45, 2.75) is 25.4 Å². The number of likely N-dealkylation sites (N-methyl/N-ethyl adjacent to an activating group) is 1. The second-order valence-electron chi connectivity index (χ2n) is 4.65. The molecule has 1 N–H and O–H groups in total. The molecule has 0 bridgehead atoms. The van der Waals surface area contributed by atoms with E-state index >= 15 is 0 Å². The summed E-state index contributed by atoms with van der Waals surface area (Å²) < 4.78 is 0. The summed E-state index contributed by atoms with van der Waals surface area (Å²) in [5.41, 5.74) is 1.10. The van der Waals surface area contributed by atoms with Gasteiger partial charge in [-0.15, -0.1) is 0 Å². The van der Waals surface area contributed by atoms with Gasteiger partial charge in [0.1, 0.15) is 0 Å². The maximum atomic E-state index is 6.18. The maximum absolute atomic E-state index is 6.18. The van der Waals surface area contributed by atoms with E-state index in [1.165, 1.54) is 12.8 Å². The molecule has 1 fully saturated rings. The minimum Gasteiger partial charge on any atom is -0.315 e. The van der Waals surface area contributed by atoms with Gasteiger partial charge in [-0.3, -0.25) is 4.90 Å². The van der Waals surface area contributed by atoms with Crippen LogP contribution in [0.4, 0.5) is 0 Å². The third kappa shape index (κ3) is 3.59. The van der Waals surface area contributed by atoms with E-state index in [0.717, 1.165) is 35.2 Å². The summed E-state index contributed by atoms with van der Waals surface area (Å²) in [6.45, 7) is 3.06. The lowest BCUT2D eigenvalue weighted by Crippen LogP contribution is -2.43. The van der Waals surface area contributed by atoms with Crippen LogP contribution in [0.2, 0.25) is 10.0 Å². The lowest BCUT2D eigenvalue weighted by molar-refractivity contribution is 0.196. The second kappa shape index (κ2) is 6.05. The summed E-state index contributed by atoms with van der Waals surface area (Å²) in [6.07, 6.45) is 2.50. The molecular weight excluding hydrogens is 255 g/mol. The highest BCUT2D eigenvalue weighted by Gasteiger charge is 2.18. The van der Waals surface area contributed by atoms with E-state index in [4.69, 9.17) is 23.2 Å². The molecule has 1 unspecified atom stereocenters. The molecular formula is C13H18Cl2N2. The van der Waals surface area contributed by atoms with E-state index in [-0.39, 0.29) is 0 Å². The van der Waals surface area contributed by atoms with Crippen molar-refractivity contribution in [1.29, 1.82) is 0 Å². The summed E-state index contributed by atoms with van der Waals surface area (Å²) in [6, 6.07) is 6.25. The zero-order valence-electron chi connectivity index (χ0n) is 10.0. The van der Waals surface area contributed by atoms with Crippen LogP contribution in [0.15, 0.2) is 18.2 Å². The fourth-order valence-electron chi connectivity index (χ4n) is 2.27. The van der Waals surface area contributed by atoms with Crippen LogP contribution in [0.1, 0.15) is 18.4 Å². The highest BCUT2D eigenvalue weighted by atomic mass is 35.5. The average Bonchev–Trinajstić information content (AvgIpc) is 2.35. The van der Waals surface area contributed by atoms with Crippen LogP contribution in [-0.2, 0) is 6.54 Å². The van der Waals surface area contributed by atoms with Crippen molar-refractivity contribution < 1.29 is 0 Å². The van der Waals surface area contributed by atoms with E-state index in [1.54, 1.807) is 0 Å². The normalized spacial score (nSPS) is 20.8. The van der Waals surface area contributed by atoms with Crippen LogP contribution in [0.25, 0.3) is 0 Å². The van der Waals surface area contributed by atoms with Crippen LogP contribution < -0.4 is 5.32 Å². The van der Waals surface area contributed by atoms with Crippen molar-refractivity contribution in [2.75, 3.05) is 20.1 Å². The van der Waals surface area contributed by atoms with Crippen molar-refractivity contribution >= 4 is 23.2 Å². The molecule has 0 amide bonds. The van der Waals surface area contributed by atoms with Gasteiger partial charge < -0.3 is 5.32 Å². The zero-order valence-corrected chi connectivity index (χ0v) is 11.6. The molecule has 1 aromatic rings. The Morgan fingerprint density at radius 2 is 2.24 bits per heavy atom. The molecule has 0 saturated carbocycles. The second-order valence-corrected chi connectivity index (χ2v) is 5.49. The Morgan fingerprint density at radius 3 is 2.94 bits per heavy atom. The lowest BCUT2D eigenvalue weighted by atomic mass is 10.1. The smallest absolute Gasteiger partial charge is 0.0452 e. The van der Waals surface area contributed by atoms with E-state index in [9.17, 15) is 0 Å². The average molecular weight is 273 g/mol. The van der Waals surface area contributed by atoms with Gasteiger partial charge in [0.25, 0.3) is 0 Å². The van der Waals surface area contributed by atoms with Crippen LogP contribution >= 0.6 is 23.2 Å². The van der Waals surface area contributed by atoms with Gasteiger partial charge in [-0.1, -0.05) is 23.2 Å². The summed E-state index contributed by atoms with van der Waals surface area (Å²) >= 11 is 12.2. The van der Waals surface area contributed by atoms with Gasteiger partial charge in [0.2, 0.25) is 0 Å². The Labute approximate surface area is 113 Å². The largest absolute Gasteiger partial charge is 0.315 e. The van der Waals surface area contributed by atoms with Gasteiger partial charge >= 0.3 is 0 Å². The molecule has 4 heteroatoms. The molecule has 2 rings (SSSR count). The summed E-state index contributed by atoms with van der Waals surface area (Å²) in [5.74, 6) is 0.